The van der Waals surface area contributed by atoms with Gasteiger partial charge in [0.05, 0.1) is 0 Å². The monoisotopic (exact) mass is 281 g/mol. The van der Waals surface area contributed by atoms with Gasteiger partial charge in [-0.15, -0.1) is 0 Å². The quantitative estimate of drug-likeness (QED) is 0.837. The topological polar surface area (TPSA) is 21.3 Å². The number of hydrogen-bond donors (Lipinski definition) is 1. The summed E-state index contributed by atoms with van der Waals surface area (Å²) in [5.41, 5.74) is 0.479. The second kappa shape index (κ2) is 7.26. The average Bonchev–Trinajstić information content (AvgIpc) is 2.45. The summed E-state index contributed by atoms with van der Waals surface area (Å²) in [4.78, 5) is 0. The number of rotatable bonds is 4. The Hall–Kier alpha value is -0.0800. The third kappa shape index (κ3) is 4.21. The van der Waals surface area contributed by atoms with E-state index < -0.39 is 0 Å². The molecule has 118 valence electrons. The van der Waals surface area contributed by atoms with Crippen molar-refractivity contribution in [2.75, 3.05) is 26.3 Å². The van der Waals surface area contributed by atoms with Crippen LogP contribution in [0.25, 0.3) is 0 Å². The van der Waals surface area contributed by atoms with Crippen LogP contribution in [0, 0.1) is 29.1 Å². The molecule has 2 heteroatoms. The summed E-state index contributed by atoms with van der Waals surface area (Å²) >= 11 is 0. The molecule has 0 spiro atoms. The first-order chi connectivity index (χ1) is 9.52. The molecule has 1 aliphatic carbocycles. The van der Waals surface area contributed by atoms with Crippen molar-refractivity contribution in [3.05, 3.63) is 0 Å². The van der Waals surface area contributed by atoms with Crippen molar-refractivity contribution >= 4 is 0 Å². The minimum absolute atomic E-state index is 0.479. The molecule has 3 atom stereocenters. The number of hydrogen-bond acceptors (Lipinski definition) is 2. The standard InChI is InChI=1S/C18H35NO/c1-5-19-13-15-6-7-16(18(2,3)4)12-17(15)14-8-10-20-11-9-14/h14-17,19H,5-13H2,1-4H3. The fourth-order valence-corrected chi connectivity index (χ4v) is 4.36. The SMILES string of the molecule is CCNCC1CCC(C(C)(C)C)CC1C1CCOCC1. The maximum atomic E-state index is 5.59. The summed E-state index contributed by atoms with van der Waals surface area (Å²) in [6.07, 6.45) is 6.90. The van der Waals surface area contributed by atoms with Crippen LogP contribution >= 0.6 is 0 Å². The summed E-state index contributed by atoms with van der Waals surface area (Å²) in [5.74, 6) is 3.65. The maximum absolute atomic E-state index is 5.59. The van der Waals surface area contributed by atoms with Crippen molar-refractivity contribution in [3.63, 3.8) is 0 Å². The van der Waals surface area contributed by atoms with Crippen molar-refractivity contribution in [3.8, 4) is 0 Å². The van der Waals surface area contributed by atoms with Crippen molar-refractivity contribution in [2.45, 2.75) is 59.8 Å². The second-order valence-corrected chi connectivity index (χ2v) is 8.06. The molecule has 1 saturated carbocycles. The third-order valence-electron chi connectivity index (χ3n) is 5.80. The van der Waals surface area contributed by atoms with Gasteiger partial charge in [-0.2, -0.15) is 0 Å². The molecule has 0 bridgehead atoms. The van der Waals surface area contributed by atoms with E-state index in [0.717, 1.165) is 43.4 Å². The van der Waals surface area contributed by atoms with E-state index in [-0.39, 0.29) is 0 Å². The van der Waals surface area contributed by atoms with Gasteiger partial charge in [-0.3, -0.25) is 0 Å². The molecule has 0 aromatic carbocycles. The van der Waals surface area contributed by atoms with E-state index in [2.05, 4.69) is 33.0 Å². The van der Waals surface area contributed by atoms with Gasteiger partial charge < -0.3 is 10.1 Å². The molecule has 2 nitrogen and oxygen atoms in total. The summed E-state index contributed by atoms with van der Waals surface area (Å²) < 4.78 is 5.59. The lowest BCUT2D eigenvalue weighted by atomic mass is 9.61. The smallest absolute Gasteiger partial charge is 0.0468 e. The second-order valence-electron chi connectivity index (χ2n) is 8.06. The number of nitrogens with one attached hydrogen (secondary N) is 1. The molecule has 2 aliphatic rings. The molecule has 1 saturated heterocycles. The van der Waals surface area contributed by atoms with Crippen LogP contribution in [-0.4, -0.2) is 26.3 Å². The molecule has 1 heterocycles. The van der Waals surface area contributed by atoms with Crippen LogP contribution < -0.4 is 5.32 Å². The van der Waals surface area contributed by atoms with E-state index in [4.69, 9.17) is 4.74 Å². The van der Waals surface area contributed by atoms with E-state index in [1.54, 1.807) is 0 Å². The summed E-state index contributed by atoms with van der Waals surface area (Å²) in [6, 6.07) is 0. The Kier molecular flexibility index (Phi) is 5.92. The summed E-state index contributed by atoms with van der Waals surface area (Å²) in [7, 11) is 0. The van der Waals surface area contributed by atoms with Crippen LogP contribution in [0.4, 0.5) is 0 Å². The zero-order valence-electron chi connectivity index (χ0n) is 14.1. The summed E-state index contributed by atoms with van der Waals surface area (Å²) in [5, 5.41) is 3.61. The molecule has 0 aromatic heterocycles. The molecule has 0 amide bonds. The lowest BCUT2D eigenvalue weighted by Crippen LogP contribution is -2.41. The highest BCUT2D eigenvalue weighted by molar-refractivity contribution is 4.90. The normalized spacial score (nSPS) is 33.3. The van der Waals surface area contributed by atoms with Gasteiger partial charge in [-0.05, 0) is 74.3 Å². The Labute approximate surface area is 126 Å². The van der Waals surface area contributed by atoms with Crippen molar-refractivity contribution in [1.29, 1.82) is 0 Å². The zero-order chi connectivity index (χ0) is 14.6. The first kappa shape index (κ1) is 16.3. The van der Waals surface area contributed by atoms with Crippen LogP contribution in [0.3, 0.4) is 0 Å². The van der Waals surface area contributed by atoms with Crippen molar-refractivity contribution < 1.29 is 4.74 Å². The molecule has 0 aromatic rings. The minimum atomic E-state index is 0.479. The molecule has 1 N–H and O–H groups in total. The zero-order valence-corrected chi connectivity index (χ0v) is 14.1. The van der Waals surface area contributed by atoms with Crippen LogP contribution in [0.15, 0.2) is 0 Å². The fraction of sp³-hybridized carbons (Fsp3) is 1.00. The fourth-order valence-electron chi connectivity index (χ4n) is 4.36. The van der Waals surface area contributed by atoms with Gasteiger partial charge in [0.2, 0.25) is 0 Å². The lowest BCUT2D eigenvalue weighted by molar-refractivity contribution is 0.000391. The van der Waals surface area contributed by atoms with Crippen LogP contribution in [-0.2, 0) is 4.74 Å². The van der Waals surface area contributed by atoms with Crippen molar-refractivity contribution in [1.82, 2.24) is 5.32 Å². The Morgan fingerprint density at radius 1 is 1.05 bits per heavy atom. The number of ether oxygens (including phenoxy) is 1. The Morgan fingerprint density at radius 2 is 1.75 bits per heavy atom. The van der Waals surface area contributed by atoms with E-state index >= 15 is 0 Å². The third-order valence-corrected chi connectivity index (χ3v) is 5.80. The molecule has 2 rings (SSSR count). The minimum Gasteiger partial charge on any atom is -0.381 e. The first-order valence-electron chi connectivity index (χ1n) is 8.80. The maximum Gasteiger partial charge on any atom is 0.0468 e. The van der Waals surface area contributed by atoms with Gasteiger partial charge in [0.15, 0.2) is 0 Å². The largest absolute Gasteiger partial charge is 0.381 e. The lowest BCUT2D eigenvalue weighted by Gasteiger charge is -2.46. The summed E-state index contributed by atoms with van der Waals surface area (Å²) in [6.45, 7) is 13.9. The van der Waals surface area contributed by atoms with Crippen molar-refractivity contribution in [2.24, 2.45) is 29.1 Å². The molecule has 3 unspecified atom stereocenters. The van der Waals surface area contributed by atoms with E-state index in [1.807, 2.05) is 0 Å². The van der Waals surface area contributed by atoms with Crippen LogP contribution in [0.1, 0.15) is 59.8 Å². The molecule has 2 fully saturated rings. The van der Waals surface area contributed by atoms with E-state index in [0.29, 0.717) is 5.41 Å². The average molecular weight is 281 g/mol. The van der Waals surface area contributed by atoms with Gasteiger partial charge in [-0.1, -0.05) is 27.7 Å². The van der Waals surface area contributed by atoms with Crippen LogP contribution in [0.2, 0.25) is 0 Å². The predicted octanol–water partition coefficient (Wildman–Crippen LogP) is 4.10. The molecule has 0 radical (unpaired) electrons. The molecular formula is C18H35NO. The van der Waals surface area contributed by atoms with Gasteiger partial charge >= 0.3 is 0 Å². The molecule has 1 aliphatic heterocycles. The highest BCUT2D eigenvalue weighted by Gasteiger charge is 2.39. The Balaban J connectivity index is 2.01. The van der Waals surface area contributed by atoms with E-state index in [1.165, 1.54) is 38.6 Å². The predicted molar refractivity (Wildman–Crippen MR) is 85.9 cm³/mol. The Morgan fingerprint density at radius 3 is 2.35 bits per heavy atom. The molecular weight excluding hydrogens is 246 g/mol. The van der Waals surface area contributed by atoms with E-state index in [9.17, 15) is 0 Å². The van der Waals surface area contributed by atoms with Gasteiger partial charge in [0.25, 0.3) is 0 Å². The Bertz CT molecular complexity index is 278. The van der Waals surface area contributed by atoms with Gasteiger partial charge in [-0.25, -0.2) is 0 Å². The highest BCUT2D eigenvalue weighted by atomic mass is 16.5. The van der Waals surface area contributed by atoms with Crippen LogP contribution in [0.5, 0.6) is 0 Å². The van der Waals surface area contributed by atoms with Gasteiger partial charge in [0, 0.05) is 13.2 Å². The molecule has 20 heavy (non-hydrogen) atoms. The van der Waals surface area contributed by atoms with Gasteiger partial charge in [0.1, 0.15) is 0 Å². The highest BCUT2D eigenvalue weighted by Crippen LogP contribution is 2.46. The first-order valence-corrected chi connectivity index (χ1v) is 8.80.